The number of hydrogen-bond donors (Lipinski definition) is 1. The first-order valence-electron chi connectivity index (χ1n) is 9.21. The van der Waals surface area contributed by atoms with Gasteiger partial charge in [-0.25, -0.2) is 4.39 Å². The van der Waals surface area contributed by atoms with E-state index in [2.05, 4.69) is 10.2 Å². The molecule has 26 heavy (non-hydrogen) atoms. The van der Waals surface area contributed by atoms with Gasteiger partial charge < -0.3 is 19.7 Å². The minimum atomic E-state index is -0.140. The molecule has 1 aliphatic rings. The Balaban J connectivity index is 1.59. The molecule has 0 spiro atoms. The molecule has 4 nitrogen and oxygen atoms in total. The average molecular weight is 358 g/mol. The molecule has 0 unspecified atom stereocenters. The zero-order valence-electron chi connectivity index (χ0n) is 15.3. The van der Waals surface area contributed by atoms with E-state index < -0.39 is 0 Å². The Kier molecular flexibility index (Phi) is 6.86. The second-order valence-corrected chi connectivity index (χ2v) is 6.52. The third-order valence-electron chi connectivity index (χ3n) is 4.63. The van der Waals surface area contributed by atoms with Gasteiger partial charge in [0, 0.05) is 44.5 Å². The normalized spacial score (nSPS) is 14.0. The molecule has 1 saturated heterocycles. The number of hydrogen-bond acceptors (Lipinski definition) is 4. The van der Waals surface area contributed by atoms with Crippen molar-refractivity contribution in [3.63, 3.8) is 0 Å². The summed E-state index contributed by atoms with van der Waals surface area (Å²) < 4.78 is 25.0. The lowest BCUT2D eigenvalue weighted by atomic mass is 10.1. The van der Waals surface area contributed by atoms with E-state index in [9.17, 15) is 4.39 Å². The maximum Gasteiger partial charge on any atom is 0.129 e. The van der Waals surface area contributed by atoms with E-state index in [0.717, 1.165) is 35.7 Å². The molecule has 140 valence electrons. The van der Waals surface area contributed by atoms with Gasteiger partial charge in [0.2, 0.25) is 0 Å². The van der Waals surface area contributed by atoms with Crippen molar-refractivity contribution in [3.05, 3.63) is 59.4 Å². The molecule has 0 radical (unpaired) electrons. The van der Waals surface area contributed by atoms with Crippen LogP contribution in [0.3, 0.4) is 0 Å². The van der Waals surface area contributed by atoms with Gasteiger partial charge in [0.05, 0.1) is 6.61 Å². The largest absolute Gasteiger partial charge is 0.491 e. The third kappa shape index (κ3) is 4.96. The van der Waals surface area contributed by atoms with Gasteiger partial charge in [-0.05, 0) is 42.7 Å². The standard InChI is InChI=1S/C21H27FN2O2/c1-25-12-13-26-18-7-4-6-17(14-18)15-23-16-19-20(22)8-5-9-21(19)24-10-2-3-11-24/h4-9,14,23H,2-3,10-13,15-16H2,1H3. The molecule has 1 fully saturated rings. The quantitative estimate of drug-likeness (QED) is 0.693. The number of ether oxygens (including phenoxy) is 2. The fraction of sp³-hybridized carbons (Fsp3) is 0.429. The molecule has 0 saturated carbocycles. The van der Waals surface area contributed by atoms with Gasteiger partial charge in [0.1, 0.15) is 18.2 Å². The van der Waals surface area contributed by atoms with E-state index in [1.54, 1.807) is 19.2 Å². The SMILES string of the molecule is COCCOc1cccc(CNCc2c(F)cccc2N2CCCC2)c1. The van der Waals surface area contributed by atoms with Gasteiger partial charge in [0.15, 0.2) is 0 Å². The number of benzene rings is 2. The minimum absolute atomic E-state index is 0.140. The predicted molar refractivity (Wildman–Crippen MR) is 102 cm³/mol. The van der Waals surface area contributed by atoms with E-state index in [-0.39, 0.29) is 5.82 Å². The lowest BCUT2D eigenvalue weighted by Crippen LogP contribution is -2.22. The fourth-order valence-electron chi connectivity index (χ4n) is 3.30. The molecule has 2 aromatic rings. The Labute approximate surface area is 154 Å². The molecule has 0 amide bonds. The van der Waals surface area contributed by atoms with Crippen molar-refractivity contribution < 1.29 is 13.9 Å². The second-order valence-electron chi connectivity index (χ2n) is 6.52. The van der Waals surface area contributed by atoms with E-state index in [1.807, 2.05) is 30.3 Å². The van der Waals surface area contributed by atoms with Crippen molar-refractivity contribution >= 4 is 5.69 Å². The van der Waals surface area contributed by atoms with E-state index in [1.165, 1.54) is 12.8 Å². The smallest absolute Gasteiger partial charge is 0.129 e. The molecule has 0 aliphatic carbocycles. The molecule has 1 N–H and O–H groups in total. The van der Waals surface area contributed by atoms with Crippen molar-refractivity contribution in [2.24, 2.45) is 0 Å². The number of nitrogens with one attached hydrogen (secondary N) is 1. The number of anilines is 1. The van der Waals surface area contributed by atoms with E-state index in [4.69, 9.17) is 9.47 Å². The first kappa shape index (κ1) is 18.7. The molecule has 3 rings (SSSR count). The number of halogens is 1. The van der Waals surface area contributed by atoms with Crippen molar-refractivity contribution in [1.29, 1.82) is 0 Å². The van der Waals surface area contributed by atoms with Gasteiger partial charge >= 0.3 is 0 Å². The molecule has 5 heteroatoms. The first-order valence-corrected chi connectivity index (χ1v) is 9.21. The fourth-order valence-corrected chi connectivity index (χ4v) is 3.30. The van der Waals surface area contributed by atoms with Crippen LogP contribution >= 0.6 is 0 Å². The topological polar surface area (TPSA) is 33.7 Å². The van der Waals surface area contributed by atoms with Crippen LogP contribution in [0.25, 0.3) is 0 Å². The van der Waals surface area contributed by atoms with Crippen LogP contribution in [-0.2, 0) is 17.8 Å². The van der Waals surface area contributed by atoms with Crippen molar-refractivity contribution in [2.45, 2.75) is 25.9 Å². The van der Waals surface area contributed by atoms with Crippen LogP contribution < -0.4 is 15.0 Å². The van der Waals surface area contributed by atoms with Crippen molar-refractivity contribution in [2.75, 3.05) is 38.3 Å². The Bertz CT molecular complexity index is 702. The summed E-state index contributed by atoms with van der Waals surface area (Å²) in [4.78, 5) is 2.28. The highest BCUT2D eigenvalue weighted by Crippen LogP contribution is 2.26. The molecule has 2 aromatic carbocycles. The Hall–Kier alpha value is -2.11. The van der Waals surface area contributed by atoms with Gasteiger partial charge in [-0.3, -0.25) is 0 Å². The Morgan fingerprint density at radius 2 is 1.85 bits per heavy atom. The van der Waals surface area contributed by atoms with Gasteiger partial charge in [0.25, 0.3) is 0 Å². The summed E-state index contributed by atoms with van der Waals surface area (Å²) in [6.45, 7) is 4.29. The third-order valence-corrected chi connectivity index (χ3v) is 4.63. The summed E-state index contributed by atoms with van der Waals surface area (Å²) in [5, 5.41) is 3.37. The van der Waals surface area contributed by atoms with E-state index in [0.29, 0.717) is 26.3 Å². The zero-order valence-corrected chi connectivity index (χ0v) is 15.3. The number of nitrogens with zero attached hydrogens (tertiary/aromatic N) is 1. The summed E-state index contributed by atoms with van der Waals surface area (Å²) in [7, 11) is 1.66. The van der Waals surface area contributed by atoms with Crippen LogP contribution in [0.5, 0.6) is 5.75 Å². The highest BCUT2D eigenvalue weighted by molar-refractivity contribution is 5.54. The highest BCUT2D eigenvalue weighted by Gasteiger charge is 2.17. The maximum atomic E-state index is 14.4. The van der Waals surface area contributed by atoms with Crippen LogP contribution in [0.1, 0.15) is 24.0 Å². The second kappa shape index (κ2) is 9.55. The molecule has 0 atom stereocenters. The predicted octanol–water partition coefficient (Wildman–Crippen LogP) is 3.74. The van der Waals surface area contributed by atoms with Gasteiger partial charge in [-0.1, -0.05) is 18.2 Å². The molecule has 1 heterocycles. The zero-order chi connectivity index (χ0) is 18.2. The van der Waals surface area contributed by atoms with Crippen LogP contribution in [0.4, 0.5) is 10.1 Å². The Morgan fingerprint density at radius 3 is 2.65 bits per heavy atom. The minimum Gasteiger partial charge on any atom is -0.491 e. The Morgan fingerprint density at radius 1 is 1.04 bits per heavy atom. The lowest BCUT2D eigenvalue weighted by molar-refractivity contribution is 0.146. The number of methoxy groups -OCH3 is 1. The molecular formula is C21H27FN2O2. The highest BCUT2D eigenvalue weighted by atomic mass is 19.1. The summed E-state index contributed by atoms with van der Waals surface area (Å²) >= 11 is 0. The van der Waals surface area contributed by atoms with Crippen LogP contribution in [0, 0.1) is 5.82 Å². The summed E-state index contributed by atoms with van der Waals surface area (Å²) in [6.07, 6.45) is 2.36. The maximum absolute atomic E-state index is 14.4. The number of rotatable bonds is 9. The summed E-state index contributed by atoms with van der Waals surface area (Å²) in [5.74, 6) is 0.684. The van der Waals surface area contributed by atoms with Crippen molar-refractivity contribution in [1.82, 2.24) is 5.32 Å². The molecule has 1 aliphatic heterocycles. The van der Waals surface area contributed by atoms with E-state index >= 15 is 0 Å². The van der Waals surface area contributed by atoms with Crippen LogP contribution in [0.2, 0.25) is 0 Å². The molecule has 0 bridgehead atoms. The summed E-state index contributed by atoms with van der Waals surface area (Å²) in [5.41, 5.74) is 2.88. The lowest BCUT2D eigenvalue weighted by Gasteiger charge is -2.22. The first-order chi connectivity index (χ1) is 12.8. The van der Waals surface area contributed by atoms with Crippen molar-refractivity contribution in [3.8, 4) is 5.75 Å². The van der Waals surface area contributed by atoms with Crippen LogP contribution in [-0.4, -0.2) is 33.4 Å². The average Bonchev–Trinajstić information content (AvgIpc) is 3.18. The van der Waals surface area contributed by atoms with Crippen LogP contribution in [0.15, 0.2) is 42.5 Å². The van der Waals surface area contributed by atoms with Gasteiger partial charge in [-0.2, -0.15) is 0 Å². The molecule has 0 aromatic heterocycles. The van der Waals surface area contributed by atoms with Gasteiger partial charge in [-0.15, -0.1) is 0 Å². The molecular weight excluding hydrogens is 331 g/mol. The monoisotopic (exact) mass is 358 g/mol. The summed E-state index contributed by atoms with van der Waals surface area (Å²) in [6, 6.07) is 13.3.